The number of nitrogens with two attached hydrogens (primary N) is 1. The van der Waals surface area contributed by atoms with E-state index in [0.29, 0.717) is 6.54 Å². The van der Waals surface area contributed by atoms with E-state index in [1.54, 1.807) is 0 Å². The van der Waals surface area contributed by atoms with Crippen LogP contribution >= 0.6 is 0 Å². The zero-order valence-corrected chi connectivity index (χ0v) is 12.3. The van der Waals surface area contributed by atoms with Gasteiger partial charge in [0.05, 0.1) is 13.2 Å². The first-order valence-electron chi connectivity index (χ1n) is 7.44. The van der Waals surface area contributed by atoms with Crippen LogP contribution in [0.5, 0.6) is 5.75 Å². The highest BCUT2D eigenvalue weighted by atomic mass is 16.5. The number of likely N-dealkylation sites (tertiary alicyclic amines) is 1. The highest BCUT2D eigenvalue weighted by Gasteiger charge is 2.10. The summed E-state index contributed by atoms with van der Waals surface area (Å²) in [5, 5.41) is 0. The summed E-state index contributed by atoms with van der Waals surface area (Å²) >= 11 is 0. The first kappa shape index (κ1) is 14.9. The Labute approximate surface area is 122 Å². The Kier molecular flexibility index (Phi) is 5.91. The maximum absolute atomic E-state index is 5.86. The molecule has 1 aromatic rings. The SMILES string of the molecule is Cc1cc(C#CCN)ccc1OCCCN1CCCC1. The Bertz CT molecular complexity index is 481. The lowest BCUT2D eigenvalue weighted by atomic mass is 10.1. The molecule has 0 radical (unpaired) electrons. The standard InChI is InChI=1S/C17H24N2O/c1-15-14-16(6-4-9-18)7-8-17(15)20-13-5-12-19-10-2-3-11-19/h7-8,14H,2-3,5,9-13,18H2,1H3. The van der Waals surface area contributed by atoms with E-state index in [4.69, 9.17) is 10.5 Å². The lowest BCUT2D eigenvalue weighted by molar-refractivity contribution is 0.262. The van der Waals surface area contributed by atoms with E-state index in [1.807, 2.05) is 12.1 Å². The topological polar surface area (TPSA) is 38.5 Å². The zero-order valence-electron chi connectivity index (χ0n) is 12.3. The van der Waals surface area contributed by atoms with Crippen LogP contribution in [-0.4, -0.2) is 37.7 Å². The molecule has 3 heteroatoms. The third-order valence-electron chi connectivity index (χ3n) is 3.58. The molecule has 2 rings (SSSR count). The third-order valence-corrected chi connectivity index (χ3v) is 3.58. The van der Waals surface area contributed by atoms with Crippen LogP contribution in [0.1, 0.15) is 30.4 Å². The molecular formula is C17H24N2O. The van der Waals surface area contributed by atoms with Crippen LogP contribution in [0.15, 0.2) is 18.2 Å². The highest BCUT2D eigenvalue weighted by Crippen LogP contribution is 2.19. The molecule has 3 nitrogen and oxygen atoms in total. The molecule has 0 aromatic heterocycles. The fourth-order valence-electron chi connectivity index (χ4n) is 2.52. The van der Waals surface area contributed by atoms with Crippen molar-refractivity contribution >= 4 is 0 Å². The van der Waals surface area contributed by atoms with Gasteiger partial charge in [0, 0.05) is 12.1 Å². The number of nitrogens with zero attached hydrogens (tertiary/aromatic N) is 1. The second-order valence-corrected chi connectivity index (χ2v) is 5.24. The van der Waals surface area contributed by atoms with Crippen molar-refractivity contribution in [2.75, 3.05) is 32.8 Å². The summed E-state index contributed by atoms with van der Waals surface area (Å²) in [5.41, 5.74) is 7.51. The van der Waals surface area contributed by atoms with Gasteiger partial charge in [-0.25, -0.2) is 0 Å². The number of ether oxygens (including phenoxy) is 1. The second kappa shape index (κ2) is 7.94. The van der Waals surface area contributed by atoms with E-state index in [1.165, 1.54) is 25.9 Å². The van der Waals surface area contributed by atoms with Crippen molar-refractivity contribution in [3.8, 4) is 17.6 Å². The number of hydrogen-bond acceptors (Lipinski definition) is 3. The molecule has 0 unspecified atom stereocenters. The number of rotatable bonds is 5. The van der Waals surface area contributed by atoms with E-state index in [9.17, 15) is 0 Å². The summed E-state index contributed by atoms with van der Waals surface area (Å²) in [6.07, 6.45) is 3.80. The normalized spacial score (nSPS) is 14.9. The fraction of sp³-hybridized carbons (Fsp3) is 0.529. The first-order chi connectivity index (χ1) is 9.79. The van der Waals surface area contributed by atoms with Crippen LogP contribution in [0, 0.1) is 18.8 Å². The van der Waals surface area contributed by atoms with Gasteiger partial charge >= 0.3 is 0 Å². The molecule has 1 aliphatic rings. The van der Waals surface area contributed by atoms with E-state index in [0.717, 1.165) is 36.4 Å². The molecule has 1 aromatic carbocycles. The van der Waals surface area contributed by atoms with Gasteiger partial charge in [-0.2, -0.15) is 0 Å². The minimum Gasteiger partial charge on any atom is -0.493 e. The molecule has 0 bridgehead atoms. The number of hydrogen-bond donors (Lipinski definition) is 1. The van der Waals surface area contributed by atoms with Crippen molar-refractivity contribution in [2.45, 2.75) is 26.2 Å². The van der Waals surface area contributed by atoms with Crippen LogP contribution < -0.4 is 10.5 Å². The molecule has 0 aliphatic carbocycles. The summed E-state index contributed by atoms with van der Waals surface area (Å²) in [4.78, 5) is 2.52. The van der Waals surface area contributed by atoms with Gasteiger partial charge in [-0.3, -0.25) is 0 Å². The van der Waals surface area contributed by atoms with Gasteiger partial charge < -0.3 is 15.4 Å². The van der Waals surface area contributed by atoms with Gasteiger partial charge in [0.2, 0.25) is 0 Å². The van der Waals surface area contributed by atoms with Crippen molar-refractivity contribution in [3.05, 3.63) is 29.3 Å². The van der Waals surface area contributed by atoms with Crippen molar-refractivity contribution in [3.63, 3.8) is 0 Å². The van der Waals surface area contributed by atoms with Crippen molar-refractivity contribution in [1.82, 2.24) is 4.90 Å². The molecule has 1 heterocycles. The Balaban J connectivity index is 1.77. The molecule has 1 fully saturated rings. The predicted molar refractivity (Wildman–Crippen MR) is 82.9 cm³/mol. The number of aryl methyl sites for hydroxylation is 1. The lowest BCUT2D eigenvalue weighted by Gasteiger charge is -2.15. The molecule has 0 amide bonds. The largest absolute Gasteiger partial charge is 0.493 e. The quantitative estimate of drug-likeness (QED) is 0.659. The molecule has 0 atom stereocenters. The Morgan fingerprint density at radius 2 is 2.10 bits per heavy atom. The lowest BCUT2D eigenvalue weighted by Crippen LogP contribution is -2.21. The molecule has 108 valence electrons. The minimum atomic E-state index is 0.397. The summed E-state index contributed by atoms with van der Waals surface area (Å²) in [5.74, 6) is 6.87. The maximum atomic E-state index is 5.86. The molecule has 0 saturated carbocycles. The molecular weight excluding hydrogens is 248 g/mol. The Morgan fingerprint density at radius 3 is 2.80 bits per heavy atom. The van der Waals surface area contributed by atoms with Gasteiger partial charge in [-0.1, -0.05) is 11.8 Å². The third kappa shape index (κ3) is 4.56. The van der Waals surface area contributed by atoms with E-state index >= 15 is 0 Å². The first-order valence-corrected chi connectivity index (χ1v) is 7.44. The smallest absolute Gasteiger partial charge is 0.122 e. The van der Waals surface area contributed by atoms with Crippen molar-refractivity contribution in [2.24, 2.45) is 5.73 Å². The predicted octanol–water partition coefficient (Wildman–Crippen LogP) is 2.17. The van der Waals surface area contributed by atoms with Gasteiger partial charge in [0.15, 0.2) is 0 Å². The average molecular weight is 272 g/mol. The Hall–Kier alpha value is -1.50. The number of benzene rings is 1. The van der Waals surface area contributed by atoms with Crippen molar-refractivity contribution < 1.29 is 4.74 Å². The van der Waals surface area contributed by atoms with E-state index in [2.05, 4.69) is 29.7 Å². The average Bonchev–Trinajstić information content (AvgIpc) is 2.96. The second-order valence-electron chi connectivity index (χ2n) is 5.24. The van der Waals surface area contributed by atoms with Crippen LogP contribution in [-0.2, 0) is 0 Å². The fourth-order valence-corrected chi connectivity index (χ4v) is 2.52. The Morgan fingerprint density at radius 1 is 1.30 bits per heavy atom. The van der Waals surface area contributed by atoms with Gasteiger partial charge in [-0.15, -0.1) is 0 Å². The molecule has 2 N–H and O–H groups in total. The van der Waals surface area contributed by atoms with E-state index in [-0.39, 0.29) is 0 Å². The molecule has 1 aliphatic heterocycles. The summed E-state index contributed by atoms with van der Waals surface area (Å²) in [6.45, 7) is 6.91. The van der Waals surface area contributed by atoms with Crippen molar-refractivity contribution in [1.29, 1.82) is 0 Å². The monoisotopic (exact) mass is 272 g/mol. The summed E-state index contributed by atoms with van der Waals surface area (Å²) < 4.78 is 5.86. The minimum absolute atomic E-state index is 0.397. The van der Waals surface area contributed by atoms with Crippen LogP contribution in [0.2, 0.25) is 0 Å². The maximum Gasteiger partial charge on any atom is 0.122 e. The van der Waals surface area contributed by atoms with Gasteiger partial charge in [-0.05, 0) is 63.0 Å². The van der Waals surface area contributed by atoms with Gasteiger partial charge in [0.1, 0.15) is 5.75 Å². The van der Waals surface area contributed by atoms with E-state index < -0.39 is 0 Å². The van der Waals surface area contributed by atoms with Crippen LogP contribution in [0.25, 0.3) is 0 Å². The van der Waals surface area contributed by atoms with Crippen LogP contribution in [0.3, 0.4) is 0 Å². The molecule has 1 saturated heterocycles. The molecule has 20 heavy (non-hydrogen) atoms. The summed E-state index contributed by atoms with van der Waals surface area (Å²) in [6, 6.07) is 6.05. The van der Waals surface area contributed by atoms with Gasteiger partial charge in [0.25, 0.3) is 0 Å². The van der Waals surface area contributed by atoms with Crippen LogP contribution in [0.4, 0.5) is 0 Å². The highest BCUT2D eigenvalue weighted by molar-refractivity contribution is 5.43. The zero-order chi connectivity index (χ0) is 14.2. The summed E-state index contributed by atoms with van der Waals surface area (Å²) in [7, 11) is 0. The molecule has 0 spiro atoms.